The Balaban J connectivity index is 1.75. The molecule has 2 aromatic rings. The van der Waals surface area contributed by atoms with E-state index >= 15 is 0 Å². The molecule has 140 valence electrons. The third kappa shape index (κ3) is 3.52. The lowest BCUT2D eigenvalue weighted by atomic mass is 10.1. The van der Waals surface area contributed by atoms with Crippen LogP contribution in [0.4, 0.5) is 0 Å². The molecule has 1 aliphatic rings. The molecular weight excluding hydrogens is 354 g/mol. The summed E-state index contributed by atoms with van der Waals surface area (Å²) in [6.45, 7) is 5.84. The number of aromatic nitrogens is 1. The predicted molar refractivity (Wildman–Crippen MR) is 95.9 cm³/mol. The van der Waals surface area contributed by atoms with E-state index in [4.69, 9.17) is 4.52 Å². The standard InChI is InChI=1S/C18H23N3O4S/c1-12-6-8-15(9-7-12)11-19-18(22)16-5-4-10-21(16)26(23,24)17-13(2)20-25-14(17)3/h6-9,16H,4-5,10-11H2,1-3H3,(H,19,22)/t16-/m0/s1. The van der Waals surface area contributed by atoms with Gasteiger partial charge >= 0.3 is 0 Å². The zero-order valence-corrected chi connectivity index (χ0v) is 16.0. The van der Waals surface area contributed by atoms with Gasteiger partial charge in [0.2, 0.25) is 15.9 Å². The zero-order chi connectivity index (χ0) is 18.9. The Hall–Kier alpha value is -2.19. The number of hydrogen-bond donors (Lipinski definition) is 1. The van der Waals surface area contributed by atoms with Crippen LogP contribution in [0.3, 0.4) is 0 Å². The molecule has 0 spiro atoms. The van der Waals surface area contributed by atoms with Crippen LogP contribution >= 0.6 is 0 Å². The van der Waals surface area contributed by atoms with Crippen molar-refractivity contribution in [1.29, 1.82) is 0 Å². The normalized spacial score (nSPS) is 18.2. The van der Waals surface area contributed by atoms with Crippen molar-refractivity contribution in [3.05, 3.63) is 46.8 Å². The molecule has 8 heteroatoms. The first kappa shape index (κ1) is 18.6. The molecule has 3 rings (SSSR count). The molecule has 1 aliphatic heterocycles. The Morgan fingerprint density at radius 3 is 2.58 bits per heavy atom. The summed E-state index contributed by atoms with van der Waals surface area (Å²) in [7, 11) is -3.82. The maximum atomic E-state index is 13.0. The van der Waals surface area contributed by atoms with Gasteiger partial charge in [-0.2, -0.15) is 4.31 Å². The summed E-state index contributed by atoms with van der Waals surface area (Å²) in [6, 6.07) is 7.14. The number of sulfonamides is 1. The lowest BCUT2D eigenvalue weighted by Gasteiger charge is -2.23. The van der Waals surface area contributed by atoms with Gasteiger partial charge in [-0.25, -0.2) is 8.42 Å². The van der Waals surface area contributed by atoms with Crippen LogP contribution < -0.4 is 5.32 Å². The fourth-order valence-corrected chi connectivity index (χ4v) is 5.21. The van der Waals surface area contributed by atoms with E-state index < -0.39 is 16.1 Å². The highest BCUT2D eigenvalue weighted by Crippen LogP contribution is 2.29. The van der Waals surface area contributed by atoms with Crippen molar-refractivity contribution in [2.75, 3.05) is 6.54 Å². The Morgan fingerprint density at radius 2 is 1.96 bits per heavy atom. The van der Waals surface area contributed by atoms with Gasteiger partial charge in [0, 0.05) is 13.1 Å². The van der Waals surface area contributed by atoms with Crippen LogP contribution in [-0.2, 0) is 21.4 Å². The van der Waals surface area contributed by atoms with E-state index in [0.717, 1.165) is 11.1 Å². The largest absolute Gasteiger partial charge is 0.360 e. The Kier molecular flexibility index (Phi) is 5.15. The minimum atomic E-state index is -3.82. The summed E-state index contributed by atoms with van der Waals surface area (Å²) in [5.41, 5.74) is 2.43. The van der Waals surface area contributed by atoms with Crippen molar-refractivity contribution in [1.82, 2.24) is 14.8 Å². The number of rotatable bonds is 5. The van der Waals surface area contributed by atoms with Crippen LogP contribution in [0.5, 0.6) is 0 Å². The third-order valence-corrected chi connectivity index (χ3v) is 6.78. The summed E-state index contributed by atoms with van der Waals surface area (Å²) >= 11 is 0. The van der Waals surface area contributed by atoms with Crippen molar-refractivity contribution in [2.45, 2.75) is 51.1 Å². The van der Waals surface area contributed by atoms with Crippen LogP contribution in [0.15, 0.2) is 33.7 Å². The lowest BCUT2D eigenvalue weighted by molar-refractivity contribution is -0.124. The maximum Gasteiger partial charge on any atom is 0.249 e. The van der Waals surface area contributed by atoms with Crippen LogP contribution in [-0.4, -0.2) is 36.4 Å². The molecule has 0 aliphatic carbocycles. The van der Waals surface area contributed by atoms with Gasteiger partial charge in [-0.15, -0.1) is 0 Å². The lowest BCUT2D eigenvalue weighted by Crippen LogP contribution is -2.45. The molecule has 26 heavy (non-hydrogen) atoms. The van der Waals surface area contributed by atoms with Crippen LogP contribution in [0, 0.1) is 20.8 Å². The zero-order valence-electron chi connectivity index (χ0n) is 15.2. The summed E-state index contributed by atoms with van der Waals surface area (Å²) in [6.07, 6.45) is 1.15. The first-order chi connectivity index (χ1) is 12.3. The summed E-state index contributed by atoms with van der Waals surface area (Å²) < 4.78 is 32.3. The minimum Gasteiger partial charge on any atom is -0.360 e. The molecule has 1 aromatic heterocycles. The van der Waals surface area contributed by atoms with Gasteiger partial charge in [-0.3, -0.25) is 4.79 Å². The average molecular weight is 377 g/mol. The number of carbonyl (C=O) groups excluding carboxylic acids is 1. The van der Waals surface area contributed by atoms with Gasteiger partial charge in [-0.1, -0.05) is 35.0 Å². The second-order valence-corrected chi connectivity index (χ2v) is 8.46. The SMILES string of the molecule is Cc1ccc(CNC(=O)[C@@H]2CCCN2S(=O)(=O)c2c(C)noc2C)cc1. The maximum absolute atomic E-state index is 13.0. The number of hydrogen-bond acceptors (Lipinski definition) is 5. The van der Waals surface area contributed by atoms with E-state index in [9.17, 15) is 13.2 Å². The summed E-state index contributed by atoms with van der Waals surface area (Å²) in [5, 5.41) is 6.58. The van der Waals surface area contributed by atoms with Gasteiger partial charge < -0.3 is 9.84 Å². The van der Waals surface area contributed by atoms with Crippen molar-refractivity contribution in [3.8, 4) is 0 Å². The van der Waals surface area contributed by atoms with Crippen LogP contribution in [0.25, 0.3) is 0 Å². The highest BCUT2D eigenvalue weighted by Gasteiger charge is 2.41. The Labute approximate surface area is 153 Å². The first-order valence-electron chi connectivity index (χ1n) is 8.58. The fourth-order valence-electron chi connectivity index (χ4n) is 3.26. The molecule has 1 fully saturated rings. The molecule has 1 atom stereocenters. The van der Waals surface area contributed by atoms with E-state index in [2.05, 4.69) is 10.5 Å². The van der Waals surface area contributed by atoms with Gasteiger partial charge in [0.05, 0.1) is 0 Å². The fraction of sp³-hybridized carbons (Fsp3) is 0.444. The smallest absolute Gasteiger partial charge is 0.249 e. The Bertz CT molecular complexity index is 884. The molecule has 0 radical (unpaired) electrons. The number of benzene rings is 1. The van der Waals surface area contributed by atoms with Crippen molar-refractivity contribution < 1.29 is 17.7 Å². The number of nitrogens with one attached hydrogen (secondary N) is 1. The van der Waals surface area contributed by atoms with Crippen molar-refractivity contribution in [3.63, 3.8) is 0 Å². The molecule has 2 heterocycles. The summed E-state index contributed by atoms with van der Waals surface area (Å²) in [5.74, 6) is -0.0355. The van der Waals surface area contributed by atoms with Crippen molar-refractivity contribution >= 4 is 15.9 Å². The molecule has 1 saturated heterocycles. The van der Waals surface area contributed by atoms with E-state index in [-0.39, 0.29) is 16.6 Å². The molecule has 7 nitrogen and oxygen atoms in total. The van der Waals surface area contributed by atoms with E-state index in [0.29, 0.717) is 31.6 Å². The predicted octanol–water partition coefficient (Wildman–Crippen LogP) is 2.07. The van der Waals surface area contributed by atoms with E-state index in [1.165, 1.54) is 4.31 Å². The molecular formula is C18H23N3O4S. The molecule has 1 amide bonds. The number of aryl methyl sites for hydroxylation is 3. The highest BCUT2D eigenvalue weighted by molar-refractivity contribution is 7.89. The highest BCUT2D eigenvalue weighted by atomic mass is 32.2. The number of nitrogens with zero attached hydrogens (tertiary/aromatic N) is 2. The molecule has 0 bridgehead atoms. The second-order valence-electron chi connectivity index (χ2n) is 6.63. The monoisotopic (exact) mass is 377 g/mol. The molecule has 0 unspecified atom stereocenters. The van der Waals surface area contributed by atoms with Crippen LogP contribution in [0.2, 0.25) is 0 Å². The Morgan fingerprint density at radius 1 is 1.27 bits per heavy atom. The average Bonchev–Trinajstić information content (AvgIpc) is 3.21. The van der Waals surface area contributed by atoms with Gasteiger partial charge in [0.15, 0.2) is 5.76 Å². The summed E-state index contributed by atoms with van der Waals surface area (Å²) in [4.78, 5) is 12.7. The minimum absolute atomic E-state index is 0.0655. The molecule has 1 N–H and O–H groups in total. The van der Waals surface area contributed by atoms with Crippen molar-refractivity contribution in [2.24, 2.45) is 0 Å². The first-order valence-corrected chi connectivity index (χ1v) is 10.0. The topological polar surface area (TPSA) is 92.5 Å². The van der Waals surface area contributed by atoms with Crippen LogP contribution in [0.1, 0.15) is 35.4 Å². The van der Waals surface area contributed by atoms with Gasteiger partial charge in [0.25, 0.3) is 0 Å². The van der Waals surface area contributed by atoms with Gasteiger partial charge in [0.1, 0.15) is 16.6 Å². The van der Waals surface area contributed by atoms with E-state index in [1.807, 2.05) is 31.2 Å². The van der Waals surface area contributed by atoms with E-state index in [1.54, 1.807) is 13.8 Å². The quantitative estimate of drug-likeness (QED) is 0.861. The molecule has 1 aromatic carbocycles. The number of carbonyl (C=O) groups is 1. The third-order valence-electron chi connectivity index (χ3n) is 4.63. The molecule has 0 saturated carbocycles. The second kappa shape index (κ2) is 7.20. The number of amides is 1. The van der Waals surface area contributed by atoms with Gasteiger partial charge in [-0.05, 0) is 39.2 Å².